The lowest BCUT2D eigenvalue weighted by molar-refractivity contribution is 0.249. The zero-order chi connectivity index (χ0) is 16.4. The Balaban J connectivity index is 1.63. The van der Waals surface area contributed by atoms with Crippen molar-refractivity contribution < 1.29 is 13.2 Å². The van der Waals surface area contributed by atoms with E-state index < -0.39 is 10.0 Å². The molecule has 3 rings (SSSR count). The number of hydrogen-bond donors (Lipinski definition) is 3. The first kappa shape index (κ1) is 15.5. The molecule has 0 aromatic heterocycles. The smallest absolute Gasteiger partial charge is 0.319 e. The molecule has 0 heterocycles. The van der Waals surface area contributed by atoms with Crippen LogP contribution in [0, 0.1) is 0 Å². The highest BCUT2D eigenvalue weighted by Crippen LogP contribution is 2.21. The van der Waals surface area contributed by atoms with Gasteiger partial charge in [0.1, 0.15) is 0 Å². The van der Waals surface area contributed by atoms with Crippen molar-refractivity contribution in [2.75, 3.05) is 5.32 Å². The second kappa shape index (κ2) is 6.02. The maximum absolute atomic E-state index is 12.1. The van der Waals surface area contributed by atoms with Gasteiger partial charge in [-0.1, -0.05) is 30.3 Å². The van der Waals surface area contributed by atoms with Crippen LogP contribution in [0.2, 0.25) is 0 Å². The van der Waals surface area contributed by atoms with Gasteiger partial charge in [-0.05, 0) is 42.2 Å². The zero-order valence-electron chi connectivity index (χ0n) is 12.3. The lowest BCUT2D eigenvalue weighted by Crippen LogP contribution is -2.38. The Morgan fingerprint density at radius 2 is 1.70 bits per heavy atom. The van der Waals surface area contributed by atoms with Crippen molar-refractivity contribution in [1.29, 1.82) is 0 Å². The summed E-state index contributed by atoms with van der Waals surface area (Å²) in [5, 5.41) is 10.6. The van der Waals surface area contributed by atoms with Crippen LogP contribution < -0.4 is 15.8 Å². The predicted octanol–water partition coefficient (Wildman–Crippen LogP) is 1.62. The molecule has 1 aliphatic carbocycles. The Hall–Kier alpha value is -2.38. The number of nitrogens with one attached hydrogen (secondary N) is 2. The van der Waals surface area contributed by atoms with Crippen LogP contribution in [0.15, 0.2) is 53.4 Å². The summed E-state index contributed by atoms with van der Waals surface area (Å²) >= 11 is 0. The van der Waals surface area contributed by atoms with Gasteiger partial charge in [-0.3, -0.25) is 0 Å². The van der Waals surface area contributed by atoms with Crippen molar-refractivity contribution in [3.63, 3.8) is 0 Å². The third-order valence-electron chi connectivity index (χ3n) is 3.81. The quantitative estimate of drug-likeness (QED) is 0.796. The van der Waals surface area contributed by atoms with Crippen molar-refractivity contribution in [3.8, 4) is 0 Å². The third-order valence-corrected chi connectivity index (χ3v) is 4.72. The van der Waals surface area contributed by atoms with Crippen LogP contribution in [0.4, 0.5) is 10.5 Å². The second-order valence-corrected chi connectivity index (χ2v) is 7.11. The molecule has 2 aromatic rings. The molecule has 2 amide bonds. The van der Waals surface area contributed by atoms with Gasteiger partial charge < -0.3 is 10.6 Å². The minimum absolute atomic E-state index is 0.0359. The first-order chi connectivity index (χ1) is 10.9. The van der Waals surface area contributed by atoms with Gasteiger partial charge in [-0.15, -0.1) is 0 Å². The molecule has 7 heteroatoms. The van der Waals surface area contributed by atoms with E-state index in [9.17, 15) is 13.2 Å². The Bertz CT molecular complexity index is 824. The molecule has 0 bridgehead atoms. The molecule has 2 aromatic carbocycles. The number of nitrogens with two attached hydrogens (primary N) is 1. The Labute approximate surface area is 134 Å². The number of hydrogen-bond acceptors (Lipinski definition) is 3. The van der Waals surface area contributed by atoms with E-state index in [-0.39, 0.29) is 17.0 Å². The summed E-state index contributed by atoms with van der Waals surface area (Å²) in [6, 6.07) is 13.6. The first-order valence-corrected chi connectivity index (χ1v) is 8.73. The fourth-order valence-electron chi connectivity index (χ4n) is 2.76. The van der Waals surface area contributed by atoms with Crippen molar-refractivity contribution in [2.24, 2.45) is 5.14 Å². The summed E-state index contributed by atoms with van der Waals surface area (Å²) in [5.41, 5.74) is 2.87. The number of benzene rings is 2. The number of rotatable bonds is 3. The summed E-state index contributed by atoms with van der Waals surface area (Å²) in [4.78, 5) is 12.0. The minimum Gasteiger partial charge on any atom is -0.334 e. The van der Waals surface area contributed by atoms with Gasteiger partial charge >= 0.3 is 6.03 Å². The van der Waals surface area contributed by atoms with Crippen LogP contribution in [0.25, 0.3) is 0 Å². The number of urea groups is 1. The van der Waals surface area contributed by atoms with E-state index in [0.29, 0.717) is 5.69 Å². The van der Waals surface area contributed by atoms with Gasteiger partial charge in [-0.2, -0.15) is 0 Å². The number of primary sulfonamides is 1. The zero-order valence-corrected chi connectivity index (χ0v) is 13.1. The first-order valence-electron chi connectivity index (χ1n) is 7.19. The van der Waals surface area contributed by atoms with E-state index in [2.05, 4.69) is 22.8 Å². The maximum atomic E-state index is 12.1. The molecule has 0 spiro atoms. The monoisotopic (exact) mass is 331 g/mol. The van der Waals surface area contributed by atoms with Crippen LogP contribution >= 0.6 is 0 Å². The number of anilines is 1. The average molecular weight is 331 g/mol. The van der Waals surface area contributed by atoms with E-state index >= 15 is 0 Å². The number of carbonyl (C=O) groups is 1. The Morgan fingerprint density at radius 1 is 1.04 bits per heavy atom. The summed E-state index contributed by atoms with van der Waals surface area (Å²) in [6.07, 6.45) is 1.58. The standard InChI is InChI=1S/C16H17N3O3S/c17-23(21,22)15-7-3-6-13(10-15)18-16(20)19-14-8-11-4-1-2-5-12(11)9-14/h1-7,10,14H,8-9H2,(H2,17,21,22)(H2,18,19,20). The van der Waals surface area contributed by atoms with E-state index in [1.54, 1.807) is 6.07 Å². The molecule has 0 unspecified atom stereocenters. The van der Waals surface area contributed by atoms with Crippen molar-refractivity contribution in [1.82, 2.24) is 5.32 Å². The van der Waals surface area contributed by atoms with Crippen molar-refractivity contribution in [3.05, 3.63) is 59.7 Å². The van der Waals surface area contributed by atoms with Crippen LogP contribution in [0.5, 0.6) is 0 Å². The molecule has 0 atom stereocenters. The highest BCUT2D eigenvalue weighted by molar-refractivity contribution is 7.89. The van der Waals surface area contributed by atoms with E-state index in [1.165, 1.54) is 29.3 Å². The average Bonchev–Trinajstić information content (AvgIpc) is 2.88. The van der Waals surface area contributed by atoms with Gasteiger partial charge in [0.2, 0.25) is 10.0 Å². The number of sulfonamides is 1. The van der Waals surface area contributed by atoms with E-state index in [1.807, 2.05) is 12.1 Å². The largest absolute Gasteiger partial charge is 0.334 e. The van der Waals surface area contributed by atoms with Gasteiger partial charge in [0, 0.05) is 11.7 Å². The Kier molecular flexibility index (Phi) is 4.06. The highest BCUT2D eigenvalue weighted by Gasteiger charge is 2.22. The third kappa shape index (κ3) is 3.69. The Morgan fingerprint density at radius 3 is 2.30 bits per heavy atom. The molecule has 23 heavy (non-hydrogen) atoms. The number of fused-ring (bicyclic) bond motifs is 1. The molecular weight excluding hydrogens is 314 g/mol. The molecule has 0 saturated heterocycles. The van der Waals surface area contributed by atoms with E-state index in [0.717, 1.165) is 12.8 Å². The van der Waals surface area contributed by atoms with Crippen LogP contribution in [0.3, 0.4) is 0 Å². The number of amides is 2. The summed E-state index contributed by atoms with van der Waals surface area (Å²) in [7, 11) is -3.79. The summed E-state index contributed by atoms with van der Waals surface area (Å²) in [5.74, 6) is 0. The molecule has 0 fully saturated rings. The topological polar surface area (TPSA) is 101 Å². The van der Waals surface area contributed by atoms with Crippen LogP contribution in [-0.4, -0.2) is 20.5 Å². The maximum Gasteiger partial charge on any atom is 0.319 e. The normalized spacial score (nSPS) is 14.3. The molecule has 0 aliphatic heterocycles. The summed E-state index contributed by atoms with van der Waals surface area (Å²) in [6.45, 7) is 0. The lowest BCUT2D eigenvalue weighted by atomic mass is 10.1. The van der Waals surface area contributed by atoms with Crippen LogP contribution in [0.1, 0.15) is 11.1 Å². The highest BCUT2D eigenvalue weighted by atomic mass is 32.2. The van der Waals surface area contributed by atoms with Gasteiger partial charge in [0.05, 0.1) is 4.90 Å². The SMILES string of the molecule is NS(=O)(=O)c1cccc(NC(=O)NC2Cc3ccccc3C2)c1. The van der Waals surface area contributed by atoms with Gasteiger partial charge in [-0.25, -0.2) is 18.4 Å². The lowest BCUT2D eigenvalue weighted by Gasteiger charge is -2.13. The molecule has 4 N–H and O–H groups in total. The molecule has 6 nitrogen and oxygen atoms in total. The molecule has 0 radical (unpaired) electrons. The molecule has 120 valence electrons. The molecular formula is C16H17N3O3S. The van der Waals surface area contributed by atoms with Crippen molar-refractivity contribution >= 4 is 21.7 Å². The fraction of sp³-hybridized carbons (Fsp3) is 0.188. The second-order valence-electron chi connectivity index (χ2n) is 5.55. The summed E-state index contributed by atoms with van der Waals surface area (Å²) < 4.78 is 22.6. The molecule has 0 saturated carbocycles. The predicted molar refractivity (Wildman–Crippen MR) is 87.6 cm³/mol. The van der Waals surface area contributed by atoms with Gasteiger partial charge in [0.15, 0.2) is 0 Å². The van der Waals surface area contributed by atoms with Crippen molar-refractivity contribution in [2.45, 2.75) is 23.8 Å². The van der Waals surface area contributed by atoms with E-state index in [4.69, 9.17) is 5.14 Å². The minimum atomic E-state index is -3.79. The number of carbonyl (C=O) groups excluding carboxylic acids is 1. The molecule has 1 aliphatic rings. The van der Waals surface area contributed by atoms with Gasteiger partial charge in [0.25, 0.3) is 0 Å². The van der Waals surface area contributed by atoms with Crippen LogP contribution in [-0.2, 0) is 22.9 Å². The fourth-order valence-corrected chi connectivity index (χ4v) is 3.32.